The molecule has 0 saturated carbocycles. The van der Waals surface area contributed by atoms with Crippen LogP contribution in [0.3, 0.4) is 0 Å². The number of esters is 1. The van der Waals surface area contributed by atoms with Crippen LogP contribution in [0.4, 0.5) is 0 Å². The van der Waals surface area contributed by atoms with Crippen LogP contribution in [0.5, 0.6) is 0 Å². The van der Waals surface area contributed by atoms with Crippen molar-refractivity contribution in [1.29, 1.82) is 0 Å². The third-order valence-corrected chi connectivity index (χ3v) is 2.76. The number of piperidine rings is 1. The highest BCUT2D eigenvalue weighted by Crippen LogP contribution is 2.15. The number of carbonyl (C=O) groups is 1. The second kappa shape index (κ2) is 6.02. The Kier molecular flexibility index (Phi) is 4.94. The van der Waals surface area contributed by atoms with Gasteiger partial charge in [0.1, 0.15) is 0 Å². The first-order chi connectivity index (χ1) is 6.72. The smallest absolute Gasteiger partial charge is 0.306 e. The number of rotatable bonds is 4. The minimum Gasteiger partial charge on any atom is -0.463 e. The highest BCUT2D eigenvalue weighted by atomic mass is 16.5. The molecule has 2 atom stereocenters. The summed E-state index contributed by atoms with van der Waals surface area (Å²) in [7, 11) is 0. The molecule has 3 heteroatoms. The van der Waals surface area contributed by atoms with Crippen LogP contribution in [0.1, 0.15) is 39.5 Å². The number of ether oxygens (including phenoxy) is 1. The van der Waals surface area contributed by atoms with Gasteiger partial charge in [0.25, 0.3) is 0 Å². The minimum absolute atomic E-state index is 0.0342. The van der Waals surface area contributed by atoms with Crippen molar-refractivity contribution in [1.82, 2.24) is 5.32 Å². The fourth-order valence-electron chi connectivity index (χ4n) is 1.69. The van der Waals surface area contributed by atoms with E-state index in [4.69, 9.17) is 4.74 Å². The summed E-state index contributed by atoms with van der Waals surface area (Å²) in [5.41, 5.74) is 0. The topological polar surface area (TPSA) is 38.3 Å². The normalized spacial score (nSPS) is 24.3. The lowest BCUT2D eigenvalue weighted by atomic mass is 9.96. The number of hydrogen-bond donors (Lipinski definition) is 1. The van der Waals surface area contributed by atoms with Gasteiger partial charge in [0.05, 0.1) is 6.10 Å². The maximum atomic E-state index is 11.4. The van der Waals surface area contributed by atoms with Crippen molar-refractivity contribution in [2.45, 2.75) is 45.6 Å². The molecule has 0 aliphatic carbocycles. The van der Waals surface area contributed by atoms with Crippen molar-refractivity contribution >= 4 is 5.97 Å². The average Bonchev–Trinajstić information content (AvgIpc) is 2.19. The maximum Gasteiger partial charge on any atom is 0.306 e. The molecular weight excluding hydrogens is 178 g/mol. The first-order valence-corrected chi connectivity index (χ1v) is 5.62. The lowest BCUT2D eigenvalue weighted by molar-refractivity contribution is -0.149. The summed E-state index contributed by atoms with van der Waals surface area (Å²) in [6.07, 6.45) is 3.88. The van der Waals surface area contributed by atoms with Crippen molar-refractivity contribution in [3.8, 4) is 0 Å². The van der Waals surface area contributed by atoms with E-state index in [1.165, 1.54) is 6.42 Å². The molecule has 0 radical (unpaired) electrons. The molecule has 2 unspecified atom stereocenters. The summed E-state index contributed by atoms with van der Waals surface area (Å²) < 4.78 is 5.24. The summed E-state index contributed by atoms with van der Waals surface area (Å²) >= 11 is 0. The van der Waals surface area contributed by atoms with E-state index in [1.807, 2.05) is 13.8 Å². The fourth-order valence-corrected chi connectivity index (χ4v) is 1.69. The Hall–Kier alpha value is -0.570. The van der Waals surface area contributed by atoms with Gasteiger partial charge in [0.15, 0.2) is 0 Å². The second-order valence-corrected chi connectivity index (χ2v) is 4.13. The van der Waals surface area contributed by atoms with Crippen molar-refractivity contribution in [3.63, 3.8) is 0 Å². The lowest BCUT2D eigenvalue weighted by Crippen LogP contribution is -2.31. The van der Waals surface area contributed by atoms with Gasteiger partial charge in [-0.25, -0.2) is 0 Å². The Morgan fingerprint density at radius 2 is 2.43 bits per heavy atom. The Morgan fingerprint density at radius 1 is 1.64 bits per heavy atom. The van der Waals surface area contributed by atoms with Crippen LogP contribution in [0, 0.1) is 5.92 Å². The van der Waals surface area contributed by atoms with E-state index >= 15 is 0 Å². The first kappa shape index (κ1) is 11.5. The van der Waals surface area contributed by atoms with Crippen LogP contribution in [-0.2, 0) is 9.53 Å². The minimum atomic E-state index is -0.0342. The van der Waals surface area contributed by atoms with E-state index < -0.39 is 0 Å². The number of nitrogens with one attached hydrogen (secondary N) is 1. The predicted octanol–water partition coefficient (Wildman–Crippen LogP) is 1.72. The van der Waals surface area contributed by atoms with Gasteiger partial charge in [-0.1, -0.05) is 6.92 Å². The SMILES string of the molecule is CCC(C)OC(=O)CC1CCCNC1. The fraction of sp³-hybridized carbons (Fsp3) is 0.909. The molecule has 3 nitrogen and oxygen atoms in total. The monoisotopic (exact) mass is 199 g/mol. The van der Waals surface area contributed by atoms with E-state index in [-0.39, 0.29) is 12.1 Å². The van der Waals surface area contributed by atoms with Gasteiger partial charge in [-0.2, -0.15) is 0 Å². The van der Waals surface area contributed by atoms with E-state index in [9.17, 15) is 4.79 Å². The van der Waals surface area contributed by atoms with E-state index in [1.54, 1.807) is 0 Å². The molecule has 1 aliphatic heterocycles. The molecular formula is C11H21NO2. The van der Waals surface area contributed by atoms with E-state index in [2.05, 4.69) is 5.32 Å². The van der Waals surface area contributed by atoms with Gasteiger partial charge in [-0.3, -0.25) is 4.79 Å². The Labute approximate surface area is 86.2 Å². The van der Waals surface area contributed by atoms with Gasteiger partial charge < -0.3 is 10.1 Å². The quantitative estimate of drug-likeness (QED) is 0.701. The molecule has 1 heterocycles. The molecule has 0 aromatic rings. The molecule has 0 amide bonds. The van der Waals surface area contributed by atoms with E-state index in [0.29, 0.717) is 12.3 Å². The Bertz CT molecular complexity index is 176. The first-order valence-electron chi connectivity index (χ1n) is 5.62. The summed E-state index contributed by atoms with van der Waals surface area (Å²) in [5, 5.41) is 3.30. The van der Waals surface area contributed by atoms with Crippen LogP contribution in [0.25, 0.3) is 0 Å². The van der Waals surface area contributed by atoms with Crippen LogP contribution in [-0.4, -0.2) is 25.2 Å². The summed E-state index contributed by atoms with van der Waals surface area (Å²) in [6, 6.07) is 0. The standard InChI is InChI=1S/C11H21NO2/c1-3-9(2)14-11(13)7-10-5-4-6-12-8-10/h9-10,12H,3-8H2,1-2H3. The van der Waals surface area contributed by atoms with Crippen LogP contribution in [0.2, 0.25) is 0 Å². The third-order valence-electron chi connectivity index (χ3n) is 2.76. The predicted molar refractivity (Wildman–Crippen MR) is 56.1 cm³/mol. The molecule has 0 spiro atoms. The van der Waals surface area contributed by atoms with Crippen molar-refractivity contribution in [3.05, 3.63) is 0 Å². The summed E-state index contributed by atoms with van der Waals surface area (Å²) in [4.78, 5) is 11.4. The highest BCUT2D eigenvalue weighted by Gasteiger charge is 2.18. The molecule has 1 saturated heterocycles. The third kappa shape index (κ3) is 4.09. The largest absolute Gasteiger partial charge is 0.463 e. The zero-order valence-electron chi connectivity index (χ0n) is 9.21. The molecule has 1 fully saturated rings. The van der Waals surface area contributed by atoms with Crippen LogP contribution >= 0.6 is 0 Å². The molecule has 1 rings (SSSR count). The van der Waals surface area contributed by atoms with Gasteiger partial charge in [-0.05, 0) is 45.2 Å². The maximum absolute atomic E-state index is 11.4. The lowest BCUT2D eigenvalue weighted by Gasteiger charge is -2.22. The van der Waals surface area contributed by atoms with Crippen molar-refractivity contribution in [2.75, 3.05) is 13.1 Å². The Morgan fingerprint density at radius 3 is 3.00 bits per heavy atom. The second-order valence-electron chi connectivity index (χ2n) is 4.13. The molecule has 82 valence electrons. The van der Waals surface area contributed by atoms with Crippen LogP contribution < -0.4 is 5.32 Å². The van der Waals surface area contributed by atoms with Gasteiger partial charge in [-0.15, -0.1) is 0 Å². The zero-order chi connectivity index (χ0) is 10.4. The van der Waals surface area contributed by atoms with Gasteiger partial charge >= 0.3 is 5.97 Å². The molecule has 0 aromatic carbocycles. The molecule has 0 aromatic heterocycles. The molecule has 0 bridgehead atoms. The average molecular weight is 199 g/mol. The Balaban J connectivity index is 2.18. The number of carbonyl (C=O) groups excluding carboxylic acids is 1. The summed E-state index contributed by atoms with van der Waals surface area (Å²) in [6.45, 7) is 6.03. The van der Waals surface area contributed by atoms with Gasteiger partial charge in [0, 0.05) is 6.42 Å². The van der Waals surface area contributed by atoms with Crippen molar-refractivity contribution < 1.29 is 9.53 Å². The highest BCUT2D eigenvalue weighted by molar-refractivity contribution is 5.69. The molecule has 14 heavy (non-hydrogen) atoms. The van der Waals surface area contributed by atoms with E-state index in [0.717, 1.165) is 25.9 Å². The zero-order valence-corrected chi connectivity index (χ0v) is 9.21. The van der Waals surface area contributed by atoms with Crippen LogP contribution in [0.15, 0.2) is 0 Å². The molecule has 1 N–H and O–H groups in total. The molecule has 1 aliphatic rings. The van der Waals surface area contributed by atoms with Crippen molar-refractivity contribution in [2.24, 2.45) is 5.92 Å². The number of hydrogen-bond acceptors (Lipinski definition) is 3. The summed E-state index contributed by atoms with van der Waals surface area (Å²) in [5.74, 6) is 0.452. The van der Waals surface area contributed by atoms with Gasteiger partial charge in [0.2, 0.25) is 0 Å².